The maximum Gasteiger partial charge on any atom is 0.149 e. The number of nitrogen functional groups attached to an aromatic ring is 1. The third-order valence-corrected chi connectivity index (χ3v) is 2.05. The second-order valence-electron chi connectivity index (χ2n) is 2.96. The molecule has 1 fully saturated rings. The summed E-state index contributed by atoms with van der Waals surface area (Å²) in [6.45, 7) is 1.38. The monoisotopic (exact) mass is 181 g/mol. The third-order valence-electron chi connectivity index (χ3n) is 2.05. The van der Waals surface area contributed by atoms with Crippen molar-refractivity contribution in [2.24, 2.45) is 0 Å². The van der Waals surface area contributed by atoms with Gasteiger partial charge in [0.05, 0.1) is 26.2 Å². The maximum atomic E-state index is 5.48. The molecule has 1 aromatic rings. The zero-order chi connectivity index (χ0) is 9.26. The molecule has 0 radical (unpaired) electrons. The Labute approximate surface area is 75.9 Å². The Morgan fingerprint density at radius 3 is 2.85 bits per heavy atom. The summed E-state index contributed by atoms with van der Waals surface area (Å²) in [5.74, 6) is 1.38. The van der Waals surface area contributed by atoms with Crippen LogP contribution in [0.15, 0.2) is 6.07 Å². The number of nitrogens with zero attached hydrogens (tertiary/aromatic N) is 2. The van der Waals surface area contributed by atoms with Crippen molar-refractivity contribution in [3.63, 3.8) is 0 Å². The van der Waals surface area contributed by atoms with Crippen LogP contribution in [0.1, 0.15) is 11.6 Å². The molecule has 0 atom stereocenters. The van der Waals surface area contributed by atoms with Gasteiger partial charge in [0.1, 0.15) is 17.3 Å². The van der Waals surface area contributed by atoms with E-state index >= 15 is 0 Å². The minimum atomic E-state index is 0.308. The van der Waals surface area contributed by atoms with Gasteiger partial charge in [-0.25, -0.2) is 0 Å². The highest BCUT2D eigenvalue weighted by Gasteiger charge is 2.26. The Morgan fingerprint density at radius 2 is 2.31 bits per heavy atom. The molecule has 2 heterocycles. The van der Waals surface area contributed by atoms with E-state index in [2.05, 4.69) is 10.2 Å². The SMILES string of the molecule is COc1cc(N)nnc1C1COC1. The molecule has 0 aromatic carbocycles. The average Bonchev–Trinajstić information content (AvgIpc) is 2.05. The van der Waals surface area contributed by atoms with Crippen LogP contribution in [0.3, 0.4) is 0 Å². The second-order valence-corrected chi connectivity index (χ2v) is 2.96. The Hall–Kier alpha value is -1.36. The minimum absolute atomic E-state index is 0.308. The van der Waals surface area contributed by atoms with Gasteiger partial charge in [-0.3, -0.25) is 0 Å². The fourth-order valence-corrected chi connectivity index (χ4v) is 1.24. The topological polar surface area (TPSA) is 70.3 Å². The largest absolute Gasteiger partial charge is 0.495 e. The third kappa shape index (κ3) is 1.42. The minimum Gasteiger partial charge on any atom is -0.495 e. The van der Waals surface area contributed by atoms with Crippen molar-refractivity contribution in [1.29, 1.82) is 0 Å². The van der Waals surface area contributed by atoms with Crippen molar-refractivity contribution < 1.29 is 9.47 Å². The Morgan fingerprint density at radius 1 is 1.54 bits per heavy atom. The van der Waals surface area contributed by atoms with Gasteiger partial charge in [0, 0.05) is 6.07 Å². The Kier molecular flexibility index (Phi) is 2.02. The molecule has 0 amide bonds. The van der Waals surface area contributed by atoms with Crippen LogP contribution >= 0.6 is 0 Å². The lowest BCUT2D eigenvalue weighted by atomic mass is 10.0. The van der Waals surface area contributed by atoms with Crippen LogP contribution in [0, 0.1) is 0 Å². The first kappa shape index (κ1) is 8.25. The van der Waals surface area contributed by atoms with Gasteiger partial charge in [-0.05, 0) is 0 Å². The van der Waals surface area contributed by atoms with E-state index in [9.17, 15) is 0 Å². The Balaban J connectivity index is 2.32. The Bertz CT molecular complexity index is 312. The molecule has 2 rings (SSSR count). The fourth-order valence-electron chi connectivity index (χ4n) is 1.24. The van der Waals surface area contributed by atoms with E-state index in [4.69, 9.17) is 15.2 Å². The molecular weight excluding hydrogens is 170 g/mol. The van der Waals surface area contributed by atoms with Gasteiger partial charge in [-0.1, -0.05) is 0 Å². The quantitative estimate of drug-likeness (QED) is 0.704. The standard InChI is InChI=1S/C8H11N3O2/c1-12-6-2-7(9)10-11-8(6)5-3-13-4-5/h2,5H,3-4H2,1H3,(H2,9,10). The van der Waals surface area contributed by atoms with Gasteiger partial charge in [0.25, 0.3) is 0 Å². The molecule has 1 aliphatic rings. The number of methoxy groups -OCH3 is 1. The number of rotatable bonds is 2. The fraction of sp³-hybridized carbons (Fsp3) is 0.500. The van der Waals surface area contributed by atoms with E-state index in [1.165, 1.54) is 0 Å². The highest BCUT2D eigenvalue weighted by molar-refractivity contribution is 5.40. The van der Waals surface area contributed by atoms with Crippen LogP contribution in [-0.4, -0.2) is 30.5 Å². The molecule has 0 spiro atoms. The molecule has 70 valence electrons. The van der Waals surface area contributed by atoms with Crippen LogP contribution in [0.5, 0.6) is 5.75 Å². The van der Waals surface area contributed by atoms with Crippen molar-refractivity contribution in [3.05, 3.63) is 11.8 Å². The van der Waals surface area contributed by atoms with E-state index < -0.39 is 0 Å². The summed E-state index contributed by atoms with van der Waals surface area (Å²) in [5.41, 5.74) is 6.31. The van der Waals surface area contributed by atoms with Gasteiger partial charge >= 0.3 is 0 Å². The van der Waals surface area contributed by atoms with Crippen LogP contribution < -0.4 is 10.5 Å². The zero-order valence-corrected chi connectivity index (χ0v) is 7.36. The van der Waals surface area contributed by atoms with Gasteiger partial charge in [-0.2, -0.15) is 0 Å². The number of ether oxygens (including phenoxy) is 2. The lowest BCUT2D eigenvalue weighted by Gasteiger charge is -2.25. The van der Waals surface area contributed by atoms with Crippen molar-refractivity contribution in [2.75, 3.05) is 26.1 Å². The highest BCUT2D eigenvalue weighted by Crippen LogP contribution is 2.29. The lowest BCUT2D eigenvalue weighted by molar-refractivity contribution is 0.00539. The average molecular weight is 181 g/mol. The van der Waals surface area contributed by atoms with Crippen LogP contribution in [0.2, 0.25) is 0 Å². The van der Waals surface area contributed by atoms with E-state index in [0.717, 1.165) is 5.69 Å². The van der Waals surface area contributed by atoms with Crippen LogP contribution in [0.25, 0.3) is 0 Å². The number of aromatic nitrogens is 2. The summed E-state index contributed by atoms with van der Waals surface area (Å²) in [5, 5.41) is 7.77. The molecule has 1 aromatic heterocycles. The first-order valence-electron chi connectivity index (χ1n) is 4.06. The summed E-state index contributed by atoms with van der Waals surface area (Å²) in [6.07, 6.45) is 0. The molecule has 0 unspecified atom stereocenters. The molecule has 1 saturated heterocycles. The van der Waals surface area contributed by atoms with Gasteiger partial charge in [0.15, 0.2) is 0 Å². The van der Waals surface area contributed by atoms with Crippen LogP contribution in [-0.2, 0) is 4.74 Å². The maximum absolute atomic E-state index is 5.48. The van der Waals surface area contributed by atoms with E-state index in [1.807, 2.05) is 0 Å². The molecule has 5 heteroatoms. The summed E-state index contributed by atoms with van der Waals surface area (Å²) >= 11 is 0. The molecule has 0 bridgehead atoms. The predicted octanol–water partition coefficient (Wildman–Crippen LogP) is 0.181. The first-order valence-corrected chi connectivity index (χ1v) is 4.06. The number of anilines is 1. The normalized spacial score (nSPS) is 16.7. The first-order chi connectivity index (χ1) is 6.31. The lowest BCUT2D eigenvalue weighted by Crippen LogP contribution is -2.26. The molecule has 0 saturated carbocycles. The predicted molar refractivity (Wildman–Crippen MR) is 46.6 cm³/mol. The zero-order valence-electron chi connectivity index (χ0n) is 7.36. The van der Waals surface area contributed by atoms with Gasteiger partial charge in [-0.15, -0.1) is 10.2 Å². The molecule has 1 aliphatic heterocycles. The molecule has 0 aliphatic carbocycles. The van der Waals surface area contributed by atoms with Gasteiger partial charge < -0.3 is 15.2 Å². The summed E-state index contributed by atoms with van der Waals surface area (Å²) in [7, 11) is 1.60. The van der Waals surface area contributed by atoms with Crippen molar-refractivity contribution in [2.45, 2.75) is 5.92 Å². The van der Waals surface area contributed by atoms with Crippen molar-refractivity contribution in [3.8, 4) is 5.75 Å². The molecule has 2 N–H and O–H groups in total. The van der Waals surface area contributed by atoms with E-state index in [-0.39, 0.29) is 0 Å². The molecule has 13 heavy (non-hydrogen) atoms. The second kappa shape index (κ2) is 3.18. The van der Waals surface area contributed by atoms with E-state index in [1.54, 1.807) is 13.2 Å². The highest BCUT2D eigenvalue weighted by atomic mass is 16.5. The summed E-state index contributed by atoms with van der Waals surface area (Å²) in [6, 6.07) is 1.68. The van der Waals surface area contributed by atoms with Crippen LogP contribution in [0.4, 0.5) is 5.82 Å². The summed E-state index contributed by atoms with van der Waals surface area (Å²) in [4.78, 5) is 0. The number of hydrogen-bond donors (Lipinski definition) is 1. The van der Waals surface area contributed by atoms with Crippen molar-refractivity contribution in [1.82, 2.24) is 10.2 Å². The van der Waals surface area contributed by atoms with Crippen molar-refractivity contribution >= 4 is 5.82 Å². The number of nitrogens with two attached hydrogens (primary N) is 1. The van der Waals surface area contributed by atoms with Gasteiger partial charge in [0.2, 0.25) is 0 Å². The number of hydrogen-bond acceptors (Lipinski definition) is 5. The molecular formula is C8H11N3O2. The van der Waals surface area contributed by atoms with E-state index in [0.29, 0.717) is 30.7 Å². The molecule has 5 nitrogen and oxygen atoms in total. The smallest absolute Gasteiger partial charge is 0.149 e. The summed E-state index contributed by atoms with van der Waals surface area (Å²) < 4.78 is 10.2.